The van der Waals surface area contributed by atoms with E-state index in [2.05, 4.69) is 24.0 Å². The second-order valence-corrected chi connectivity index (χ2v) is 5.10. The van der Waals surface area contributed by atoms with Gasteiger partial charge in [0.25, 0.3) is 0 Å². The molecule has 2 rings (SSSR count). The molecule has 1 heterocycles. The van der Waals surface area contributed by atoms with E-state index in [0.717, 1.165) is 0 Å². The van der Waals surface area contributed by atoms with Crippen LogP contribution in [0, 0.1) is 5.41 Å². The summed E-state index contributed by atoms with van der Waals surface area (Å²) < 4.78 is 2.01. The molecular formula is C10H16ClN3. The number of hydrogen-bond donors (Lipinski definition) is 0. The summed E-state index contributed by atoms with van der Waals surface area (Å²) in [6.45, 7) is 4.60. The molecule has 1 aliphatic rings. The Bertz CT molecular complexity index is 319. The smallest absolute Gasteiger partial charge is 0.225 e. The molecule has 78 valence electrons. The van der Waals surface area contributed by atoms with Crippen LogP contribution in [-0.4, -0.2) is 14.8 Å². The van der Waals surface area contributed by atoms with E-state index < -0.39 is 0 Å². The van der Waals surface area contributed by atoms with Gasteiger partial charge in [-0.2, -0.15) is 0 Å². The van der Waals surface area contributed by atoms with Crippen molar-refractivity contribution in [2.24, 2.45) is 5.41 Å². The van der Waals surface area contributed by atoms with Gasteiger partial charge < -0.3 is 4.57 Å². The lowest BCUT2D eigenvalue weighted by molar-refractivity contribution is 0.144. The zero-order chi connectivity index (χ0) is 10.2. The normalized spacial score (nSPS) is 26.4. The number of rotatable bonds is 1. The van der Waals surface area contributed by atoms with Gasteiger partial charge in [-0.05, 0) is 29.9 Å². The zero-order valence-electron chi connectivity index (χ0n) is 8.70. The van der Waals surface area contributed by atoms with Gasteiger partial charge in [-0.1, -0.05) is 26.7 Å². The first-order valence-corrected chi connectivity index (χ1v) is 5.54. The summed E-state index contributed by atoms with van der Waals surface area (Å²) in [6.07, 6.45) is 6.79. The summed E-state index contributed by atoms with van der Waals surface area (Å²) >= 11 is 5.99. The molecule has 14 heavy (non-hydrogen) atoms. The van der Waals surface area contributed by atoms with Gasteiger partial charge in [0.15, 0.2) is 0 Å². The quantitative estimate of drug-likeness (QED) is 0.718. The van der Waals surface area contributed by atoms with Gasteiger partial charge in [-0.15, -0.1) is 10.2 Å². The van der Waals surface area contributed by atoms with Crippen molar-refractivity contribution in [1.29, 1.82) is 0 Å². The molecule has 4 heteroatoms. The van der Waals surface area contributed by atoms with Crippen LogP contribution in [0.25, 0.3) is 0 Å². The fraction of sp³-hybridized carbons (Fsp3) is 0.800. The van der Waals surface area contributed by atoms with Crippen molar-refractivity contribution in [1.82, 2.24) is 14.8 Å². The molecule has 1 unspecified atom stereocenters. The Morgan fingerprint density at radius 3 is 2.86 bits per heavy atom. The standard InChI is InChI=1S/C10H16ClN3/c1-10(2)6-4-3-5-8(10)14-7-12-13-9(14)11/h7-8H,3-6H2,1-2H3. The number of aromatic nitrogens is 3. The van der Waals surface area contributed by atoms with Crippen molar-refractivity contribution in [3.8, 4) is 0 Å². The van der Waals surface area contributed by atoms with Gasteiger partial charge in [0.05, 0.1) is 0 Å². The second-order valence-electron chi connectivity index (χ2n) is 4.76. The van der Waals surface area contributed by atoms with E-state index in [1.807, 2.05) is 4.57 Å². The second kappa shape index (κ2) is 3.54. The third-order valence-electron chi connectivity index (χ3n) is 3.32. The highest BCUT2D eigenvalue weighted by atomic mass is 35.5. The van der Waals surface area contributed by atoms with Gasteiger partial charge in [-0.3, -0.25) is 0 Å². The summed E-state index contributed by atoms with van der Waals surface area (Å²) in [5.41, 5.74) is 0.310. The number of hydrogen-bond acceptors (Lipinski definition) is 2. The average molecular weight is 214 g/mol. The monoisotopic (exact) mass is 213 g/mol. The fourth-order valence-electron chi connectivity index (χ4n) is 2.43. The average Bonchev–Trinajstić information content (AvgIpc) is 2.51. The van der Waals surface area contributed by atoms with E-state index in [4.69, 9.17) is 11.6 Å². The predicted molar refractivity (Wildman–Crippen MR) is 56.3 cm³/mol. The Kier molecular flexibility index (Phi) is 2.52. The van der Waals surface area contributed by atoms with Crippen LogP contribution in [0.1, 0.15) is 45.6 Å². The number of halogens is 1. The highest BCUT2D eigenvalue weighted by Crippen LogP contribution is 2.44. The summed E-state index contributed by atoms with van der Waals surface area (Å²) in [5, 5.41) is 8.20. The lowest BCUT2D eigenvalue weighted by Gasteiger charge is -2.39. The van der Waals surface area contributed by atoms with E-state index in [9.17, 15) is 0 Å². The molecule has 0 amide bonds. The molecule has 0 aromatic carbocycles. The molecule has 0 saturated heterocycles. The van der Waals surface area contributed by atoms with Crippen molar-refractivity contribution in [3.63, 3.8) is 0 Å². The molecule has 1 aromatic rings. The maximum Gasteiger partial charge on any atom is 0.225 e. The van der Waals surface area contributed by atoms with E-state index in [1.165, 1.54) is 25.7 Å². The van der Waals surface area contributed by atoms with Crippen molar-refractivity contribution >= 4 is 11.6 Å². The van der Waals surface area contributed by atoms with Crippen LogP contribution in [0.4, 0.5) is 0 Å². The van der Waals surface area contributed by atoms with E-state index >= 15 is 0 Å². The first kappa shape index (κ1) is 9.97. The van der Waals surface area contributed by atoms with Crippen molar-refractivity contribution in [2.75, 3.05) is 0 Å². The predicted octanol–water partition coefficient (Wildman–Crippen LogP) is 3.07. The third-order valence-corrected chi connectivity index (χ3v) is 3.59. The van der Waals surface area contributed by atoms with Gasteiger partial charge in [0.1, 0.15) is 6.33 Å². The topological polar surface area (TPSA) is 30.7 Å². The molecule has 1 saturated carbocycles. The summed E-state index contributed by atoms with van der Waals surface area (Å²) in [6, 6.07) is 0.457. The molecule has 0 N–H and O–H groups in total. The minimum Gasteiger partial charge on any atom is -0.301 e. The summed E-state index contributed by atoms with van der Waals surface area (Å²) in [5.74, 6) is 0. The van der Waals surface area contributed by atoms with E-state index in [-0.39, 0.29) is 0 Å². The maximum atomic E-state index is 5.99. The van der Waals surface area contributed by atoms with Gasteiger partial charge in [0.2, 0.25) is 5.28 Å². The van der Waals surface area contributed by atoms with Crippen LogP contribution in [0.3, 0.4) is 0 Å². The van der Waals surface area contributed by atoms with Crippen LogP contribution >= 0.6 is 11.6 Å². The lowest BCUT2D eigenvalue weighted by atomic mass is 9.73. The number of nitrogens with zero attached hydrogens (tertiary/aromatic N) is 3. The molecule has 0 radical (unpaired) electrons. The van der Waals surface area contributed by atoms with Gasteiger partial charge in [0, 0.05) is 6.04 Å². The van der Waals surface area contributed by atoms with Crippen LogP contribution in [-0.2, 0) is 0 Å². The van der Waals surface area contributed by atoms with Crippen LogP contribution in [0.5, 0.6) is 0 Å². The van der Waals surface area contributed by atoms with Crippen LogP contribution in [0.15, 0.2) is 6.33 Å². The minimum atomic E-state index is 0.310. The highest BCUT2D eigenvalue weighted by molar-refractivity contribution is 6.28. The molecular weight excluding hydrogens is 198 g/mol. The summed E-state index contributed by atoms with van der Waals surface area (Å²) in [4.78, 5) is 0. The molecule has 1 atom stereocenters. The molecule has 0 bridgehead atoms. The Morgan fingerprint density at radius 2 is 2.29 bits per heavy atom. The Morgan fingerprint density at radius 1 is 1.50 bits per heavy atom. The van der Waals surface area contributed by atoms with Crippen molar-refractivity contribution in [2.45, 2.75) is 45.6 Å². The fourth-order valence-corrected chi connectivity index (χ4v) is 2.63. The molecule has 1 aliphatic carbocycles. The highest BCUT2D eigenvalue weighted by Gasteiger charge is 2.34. The molecule has 3 nitrogen and oxygen atoms in total. The third kappa shape index (κ3) is 1.65. The lowest BCUT2D eigenvalue weighted by Crippen LogP contribution is -2.30. The molecule has 0 aliphatic heterocycles. The van der Waals surface area contributed by atoms with Crippen LogP contribution < -0.4 is 0 Å². The van der Waals surface area contributed by atoms with E-state index in [0.29, 0.717) is 16.7 Å². The summed E-state index contributed by atoms with van der Waals surface area (Å²) in [7, 11) is 0. The van der Waals surface area contributed by atoms with Crippen molar-refractivity contribution in [3.05, 3.63) is 11.6 Å². The Labute approximate surface area is 89.5 Å². The van der Waals surface area contributed by atoms with E-state index in [1.54, 1.807) is 6.33 Å². The largest absolute Gasteiger partial charge is 0.301 e. The van der Waals surface area contributed by atoms with Crippen molar-refractivity contribution < 1.29 is 0 Å². The molecule has 1 fully saturated rings. The Balaban J connectivity index is 2.28. The van der Waals surface area contributed by atoms with Gasteiger partial charge in [-0.25, -0.2) is 0 Å². The first-order chi connectivity index (χ1) is 6.61. The minimum absolute atomic E-state index is 0.310. The molecule has 0 spiro atoms. The Hall–Kier alpha value is -0.570. The first-order valence-electron chi connectivity index (χ1n) is 5.16. The maximum absolute atomic E-state index is 5.99. The van der Waals surface area contributed by atoms with Crippen LogP contribution in [0.2, 0.25) is 5.28 Å². The molecule has 1 aromatic heterocycles. The SMILES string of the molecule is CC1(C)CCCCC1n1cnnc1Cl. The van der Waals surface area contributed by atoms with Gasteiger partial charge >= 0.3 is 0 Å². The zero-order valence-corrected chi connectivity index (χ0v) is 9.46.